The van der Waals surface area contributed by atoms with Gasteiger partial charge in [0.15, 0.2) is 5.92 Å². The third-order valence-corrected chi connectivity index (χ3v) is 3.14. The minimum Gasteiger partial charge on any atom is -0.460 e. The molecule has 0 spiro atoms. The molecule has 132 valence electrons. The summed E-state index contributed by atoms with van der Waals surface area (Å²) in [7, 11) is 0. The van der Waals surface area contributed by atoms with Gasteiger partial charge in [-0.3, -0.25) is 14.4 Å². The van der Waals surface area contributed by atoms with E-state index in [0.717, 1.165) is 0 Å². The van der Waals surface area contributed by atoms with Crippen LogP contribution in [0.3, 0.4) is 0 Å². The molecule has 1 saturated heterocycles. The van der Waals surface area contributed by atoms with Gasteiger partial charge in [0, 0.05) is 20.3 Å². The maximum Gasteiger partial charge on any atom is 0.326 e. The van der Waals surface area contributed by atoms with Crippen molar-refractivity contribution in [3.63, 3.8) is 0 Å². The third kappa shape index (κ3) is 6.56. The molecule has 0 aliphatic carbocycles. The van der Waals surface area contributed by atoms with Gasteiger partial charge in [-0.2, -0.15) is 0 Å². The number of hydrogen-bond acceptors (Lipinski definition) is 7. The zero-order valence-electron chi connectivity index (χ0n) is 14.4. The number of cyclic esters (lactones) is 2. The highest BCUT2D eigenvalue weighted by atomic mass is 16.7. The largest absolute Gasteiger partial charge is 0.460 e. The van der Waals surface area contributed by atoms with Crippen LogP contribution in [0, 0.1) is 5.92 Å². The number of carbonyl (C=O) groups excluding carboxylic acids is 3. The van der Waals surface area contributed by atoms with Gasteiger partial charge in [-0.1, -0.05) is 6.42 Å². The molecule has 1 aliphatic rings. The molecule has 0 aromatic rings. The van der Waals surface area contributed by atoms with Crippen molar-refractivity contribution in [1.82, 2.24) is 0 Å². The van der Waals surface area contributed by atoms with Crippen molar-refractivity contribution >= 4 is 17.9 Å². The van der Waals surface area contributed by atoms with Crippen LogP contribution in [0.5, 0.6) is 0 Å². The summed E-state index contributed by atoms with van der Waals surface area (Å²) in [5.74, 6) is -4.52. The second-order valence-corrected chi connectivity index (χ2v) is 7.12. The van der Waals surface area contributed by atoms with Gasteiger partial charge in [0.2, 0.25) is 0 Å². The minimum atomic E-state index is -1.33. The van der Waals surface area contributed by atoms with Crippen LogP contribution in [0.2, 0.25) is 0 Å². The van der Waals surface area contributed by atoms with Crippen LogP contribution in [-0.2, 0) is 28.6 Å². The van der Waals surface area contributed by atoms with Crippen LogP contribution in [0.4, 0.5) is 0 Å². The molecule has 0 amide bonds. The molecule has 0 radical (unpaired) electrons. The van der Waals surface area contributed by atoms with E-state index in [1.807, 2.05) is 0 Å². The molecule has 0 aromatic heterocycles. The summed E-state index contributed by atoms with van der Waals surface area (Å²) >= 11 is 0. The Bertz CT molecular complexity index is 442. The summed E-state index contributed by atoms with van der Waals surface area (Å²) in [6.07, 6.45) is 0.189. The monoisotopic (exact) mass is 330 g/mol. The van der Waals surface area contributed by atoms with E-state index in [2.05, 4.69) is 0 Å². The Morgan fingerprint density at radius 3 is 2.22 bits per heavy atom. The number of rotatable bonds is 6. The van der Waals surface area contributed by atoms with Crippen LogP contribution in [-0.4, -0.2) is 40.5 Å². The number of ether oxygens (including phenoxy) is 3. The first-order valence-corrected chi connectivity index (χ1v) is 7.77. The third-order valence-electron chi connectivity index (χ3n) is 3.14. The van der Waals surface area contributed by atoms with Gasteiger partial charge >= 0.3 is 17.9 Å². The van der Waals surface area contributed by atoms with Crippen LogP contribution in [0.1, 0.15) is 60.3 Å². The highest BCUT2D eigenvalue weighted by Crippen LogP contribution is 2.26. The average Bonchev–Trinajstić information content (AvgIpc) is 2.29. The number of esters is 3. The van der Waals surface area contributed by atoms with Crippen LogP contribution in [0.25, 0.3) is 0 Å². The van der Waals surface area contributed by atoms with Crippen molar-refractivity contribution < 1.29 is 33.7 Å². The average molecular weight is 330 g/mol. The van der Waals surface area contributed by atoms with E-state index < -0.39 is 35.3 Å². The molecule has 1 fully saturated rings. The number of unbranched alkanes of at least 4 members (excludes halogenated alkanes) is 1. The quantitative estimate of drug-likeness (QED) is 0.449. The first kappa shape index (κ1) is 19.4. The maximum absolute atomic E-state index is 11.8. The molecular weight excluding hydrogens is 304 g/mol. The molecule has 1 N–H and O–H groups in total. The summed E-state index contributed by atoms with van der Waals surface area (Å²) in [5.41, 5.74) is -0.529. The number of hydrogen-bond donors (Lipinski definition) is 1. The predicted molar refractivity (Wildman–Crippen MR) is 80.1 cm³/mol. The van der Waals surface area contributed by atoms with E-state index >= 15 is 0 Å². The number of carbonyl (C=O) groups is 3. The predicted octanol–water partition coefficient (Wildman–Crippen LogP) is 1.70. The zero-order valence-corrected chi connectivity index (χ0v) is 14.4. The van der Waals surface area contributed by atoms with Crippen LogP contribution < -0.4 is 0 Å². The lowest BCUT2D eigenvalue weighted by Crippen LogP contribution is -2.50. The van der Waals surface area contributed by atoms with Crippen molar-refractivity contribution in [3.05, 3.63) is 0 Å². The molecular formula is C16H26O7. The Hall–Kier alpha value is -1.63. The number of aliphatic hydroxyl groups is 1. The Morgan fingerprint density at radius 2 is 1.74 bits per heavy atom. The molecule has 0 saturated carbocycles. The highest BCUT2D eigenvalue weighted by molar-refractivity contribution is 5.97. The molecule has 7 heteroatoms. The van der Waals surface area contributed by atoms with Gasteiger partial charge in [-0.05, 0) is 33.6 Å². The van der Waals surface area contributed by atoms with E-state index in [-0.39, 0.29) is 18.8 Å². The SMILES string of the molecule is CC(C)(C)OC(=O)CCCCC(O)C1C(=O)OC(C)(C)OC1=O. The Morgan fingerprint density at radius 1 is 1.22 bits per heavy atom. The normalized spacial score (nSPS) is 19.7. The fourth-order valence-corrected chi connectivity index (χ4v) is 2.22. The summed E-state index contributed by atoms with van der Waals surface area (Å²) in [6.45, 7) is 8.27. The molecule has 0 bridgehead atoms. The summed E-state index contributed by atoms with van der Waals surface area (Å²) in [4.78, 5) is 35.2. The lowest BCUT2D eigenvalue weighted by Gasteiger charge is -2.34. The first-order valence-electron chi connectivity index (χ1n) is 7.77. The van der Waals surface area contributed by atoms with Crippen molar-refractivity contribution in [2.45, 2.75) is 77.8 Å². The van der Waals surface area contributed by atoms with E-state index in [4.69, 9.17) is 14.2 Å². The minimum absolute atomic E-state index is 0.193. The molecule has 1 aliphatic heterocycles. The van der Waals surface area contributed by atoms with Crippen molar-refractivity contribution in [1.29, 1.82) is 0 Å². The Balaban J connectivity index is 2.37. The molecule has 1 unspecified atom stereocenters. The fourth-order valence-electron chi connectivity index (χ4n) is 2.22. The van der Waals surface area contributed by atoms with Gasteiger partial charge < -0.3 is 19.3 Å². The summed E-state index contributed by atoms with van der Waals surface area (Å²) in [5, 5.41) is 10.0. The van der Waals surface area contributed by atoms with Crippen LogP contribution in [0.15, 0.2) is 0 Å². The topological polar surface area (TPSA) is 99.1 Å². The highest BCUT2D eigenvalue weighted by Gasteiger charge is 2.46. The van der Waals surface area contributed by atoms with Crippen LogP contribution >= 0.6 is 0 Å². The van der Waals surface area contributed by atoms with Gasteiger partial charge in [-0.25, -0.2) is 0 Å². The lowest BCUT2D eigenvalue weighted by molar-refractivity contribution is -0.244. The van der Waals surface area contributed by atoms with Crippen molar-refractivity contribution in [2.24, 2.45) is 5.92 Å². The molecule has 23 heavy (non-hydrogen) atoms. The molecule has 1 atom stereocenters. The van der Waals surface area contributed by atoms with E-state index in [9.17, 15) is 19.5 Å². The molecule has 0 aromatic carbocycles. The summed E-state index contributed by atoms with van der Waals surface area (Å²) < 4.78 is 15.1. The van der Waals surface area contributed by atoms with Crippen molar-refractivity contribution in [2.75, 3.05) is 0 Å². The van der Waals surface area contributed by atoms with E-state index in [1.165, 1.54) is 13.8 Å². The molecule has 7 nitrogen and oxygen atoms in total. The second kappa shape index (κ2) is 7.29. The van der Waals surface area contributed by atoms with Gasteiger partial charge in [0.05, 0.1) is 6.10 Å². The first-order chi connectivity index (χ1) is 10.4. The Labute approximate surface area is 136 Å². The lowest BCUT2D eigenvalue weighted by atomic mass is 9.96. The maximum atomic E-state index is 11.8. The summed E-state index contributed by atoms with van der Waals surface area (Å²) in [6, 6.07) is 0. The van der Waals surface area contributed by atoms with E-state index in [1.54, 1.807) is 20.8 Å². The van der Waals surface area contributed by atoms with Gasteiger partial charge in [0.25, 0.3) is 5.79 Å². The number of aliphatic hydroxyl groups excluding tert-OH is 1. The standard InChI is InChI=1S/C16H26O7/c1-15(2,3)21-11(18)9-7-6-8-10(17)12-13(19)22-16(4,5)23-14(12)20/h10,12,17H,6-9H2,1-5H3. The molecule has 1 rings (SSSR count). The van der Waals surface area contributed by atoms with Gasteiger partial charge in [-0.15, -0.1) is 0 Å². The smallest absolute Gasteiger partial charge is 0.326 e. The van der Waals surface area contributed by atoms with Gasteiger partial charge in [0.1, 0.15) is 5.60 Å². The molecule has 1 heterocycles. The van der Waals surface area contributed by atoms with E-state index in [0.29, 0.717) is 12.8 Å². The Kier molecular flexibility index (Phi) is 6.16. The zero-order chi connectivity index (χ0) is 17.8. The fraction of sp³-hybridized carbons (Fsp3) is 0.812. The van der Waals surface area contributed by atoms with Crippen molar-refractivity contribution in [3.8, 4) is 0 Å². The second-order valence-electron chi connectivity index (χ2n) is 7.12.